The Hall–Kier alpha value is -1.60. The Labute approximate surface area is 170 Å². The smallest absolute Gasteiger partial charge is 0.315 e. The van der Waals surface area contributed by atoms with E-state index in [1.807, 2.05) is 18.5 Å². The van der Waals surface area contributed by atoms with Crippen LogP contribution in [0.1, 0.15) is 56.5 Å². The standard InChI is InChI=1S/C21H39N5O2/c1-16(2)20(25-10-8-6-7-9-11-25)15-23-21(27)22-14-19-17(3)24-26(18(19)4)12-13-28-5/h16,20H,6-15H2,1-5H3,(H2,22,23,27)/t20-/m0/s1. The molecule has 7 nitrogen and oxygen atoms in total. The lowest BCUT2D eigenvalue weighted by atomic mass is 10.0. The molecule has 2 rings (SSSR count). The number of carbonyl (C=O) groups excluding carboxylic acids is 1. The number of aryl methyl sites for hydroxylation is 1. The fourth-order valence-electron chi connectivity index (χ4n) is 4.03. The third-order valence-corrected chi connectivity index (χ3v) is 5.82. The monoisotopic (exact) mass is 393 g/mol. The van der Waals surface area contributed by atoms with E-state index in [0.717, 1.165) is 36.6 Å². The first-order valence-electron chi connectivity index (χ1n) is 10.7. The van der Waals surface area contributed by atoms with Gasteiger partial charge < -0.3 is 15.4 Å². The normalized spacial score (nSPS) is 16.8. The number of amides is 2. The maximum Gasteiger partial charge on any atom is 0.315 e. The summed E-state index contributed by atoms with van der Waals surface area (Å²) in [7, 11) is 1.69. The van der Waals surface area contributed by atoms with E-state index in [4.69, 9.17) is 4.74 Å². The molecule has 1 aromatic rings. The van der Waals surface area contributed by atoms with E-state index in [1.165, 1.54) is 25.7 Å². The third kappa shape index (κ3) is 6.48. The summed E-state index contributed by atoms with van der Waals surface area (Å²) in [6, 6.07) is 0.285. The Morgan fingerprint density at radius 1 is 1.14 bits per heavy atom. The van der Waals surface area contributed by atoms with Gasteiger partial charge in [-0.2, -0.15) is 5.10 Å². The van der Waals surface area contributed by atoms with E-state index in [-0.39, 0.29) is 6.03 Å². The summed E-state index contributed by atoms with van der Waals surface area (Å²) in [6.07, 6.45) is 5.18. The number of likely N-dealkylation sites (tertiary alicyclic amines) is 1. The van der Waals surface area contributed by atoms with Gasteiger partial charge in [0, 0.05) is 37.5 Å². The number of aromatic nitrogens is 2. The van der Waals surface area contributed by atoms with Crippen molar-refractivity contribution in [1.82, 2.24) is 25.3 Å². The van der Waals surface area contributed by atoms with Crippen molar-refractivity contribution in [2.24, 2.45) is 5.92 Å². The number of methoxy groups -OCH3 is 1. The van der Waals surface area contributed by atoms with Gasteiger partial charge in [0.15, 0.2) is 0 Å². The van der Waals surface area contributed by atoms with Gasteiger partial charge >= 0.3 is 6.03 Å². The molecule has 0 unspecified atom stereocenters. The molecular weight excluding hydrogens is 354 g/mol. The molecule has 2 heterocycles. The number of carbonyl (C=O) groups is 1. The van der Waals surface area contributed by atoms with Crippen molar-refractivity contribution in [3.8, 4) is 0 Å². The SMILES string of the molecule is COCCn1nc(C)c(CNC(=O)NC[C@@H](C(C)C)N2CCCCCC2)c1C. The van der Waals surface area contributed by atoms with Crippen LogP contribution in [-0.4, -0.2) is 60.1 Å². The number of nitrogens with one attached hydrogen (secondary N) is 2. The van der Waals surface area contributed by atoms with Gasteiger partial charge in [-0.05, 0) is 45.7 Å². The highest BCUT2D eigenvalue weighted by atomic mass is 16.5. The third-order valence-electron chi connectivity index (χ3n) is 5.82. The zero-order valence-corrected chi connectivity index (χ0v) is 18.4. The van der Waals surface area contributed by atoms with Crippen LogP contribution in [0.5, 0.6) is 0 Å². The molecule has 1 aliphatic heterocycles. The number of hydrogen-bond donors (Lipinski definition) is 2. The van der Waals surface area contributed by atoms with Crippen molar-refractivity contribution in [2.45, 2.75) is 72.5 Å². The van der Waals surface area contributed by atoms with Gasteiger partial charge in [-0.1, -0.05) is 26.7 Å². The summed E-state index contributed by atoms with van der Waals surface area (Å²) >= 11 is 0. The predicted octanol–water partition coefficient (Wildman–Crippen LogP) is 2.85. The second kappa shape index (κ2) is 11.4. The van der Waals surface area contributed by atoms with E-state index in [9.17, 15) is 4.79 Å². The number of nitrogens with zero attached hydrogens (tertiary/aromatic N) is 3. The maximum absolute atomic E-state index is 12.4. The Morgan fingerprint density at radius 3 is 2.43 bits per heavy atom. The molecule has 1 aromatic heterocycles. The highest BCUT2D eigenvalue weighted by Crippen LogP contribution is 2.17. The molecule has 0 radical (unpaired) electrons. The predicted molar refractivity (Wildman–Crippen MR) is 112 cm³/mol. The van der Waals surface area contributed by atoms with Crippen LogP contribution in [0.3, 0.4) is 0 Å². The second-order valence-electron chi connectivity index (χ2n) is 8.19. The zero-order chi connectivity index (χ0) is 20.5. The van der Waals surface area contributed by atoms with Crippen molar-refractivity contribution in [3.05, 3.63) is 17.0 Å². The van der Waals surface area contributed by atoms with Gasteiger partial charge in [-0.15, -0.1) is 0 Å². The van der Waals surface area contributed by atoms with Crippen molar-refractivity contribution in [2.75, 3.05) is 33.4 Å². The van der Waals surface area contributed by atoms with E-state index < -0.39 is 0 Å². The fraction of sp³-hybridized carbons (Fsp3) is 0.810. The molecule has 7 heteroatoms. The maximum atomic E-state index is 12.4. The lowest BCUT2D eigenvalue weighted by Gasteiger charge is -2.33. The van der Waals surface area contributed by atoms with Crippen LogP contribution < -0.4 is 10.6 Å². The van der Waals surface area contributed by atoms with Gasteiger partial charge in [0.05, 0.1) is 18.8 Å². The van der Waals surface area contributed by atoms with Crippen LogP contribution in [0.2, 0.25) is 0 Å². The molecule has 0 bridgehead atoms. The van der Waals surface area contributed by atoms with Crippen LogP contribution in [-0.2, 0) is 17.8 Å². The largest absolute Gasteiger partial charge is 0.383 e. The summed E-state index contributed by atoms with van der Waals surface area (Å²) in [5, 5.41) is 10.7. The van der Waals surface area contributed by atoms with Crippen LogP contribution in [0.25, 0.3) is 0 Å². The lowest BCUT2D eigenvalue weighted by Crippen LogP contribution is -2.49. The van der Waals surface area contributed by atoms with Crippen LogP contribution in [0.4, 0.5) is 4.79 Å². The van der Waals surface area contributed by atoms with Gasteiger partial charge in [-0.3, -0.25) is 9.58 Å². The van der Waals surface area contributed by atoms with Crippen LogP contribution in [0.15, 0.2) is 0 Å². The molecule has 1 saturated heterocycles. The minimum atomic E-state index is -0.107. The van der Waals surface area contributed by atoms with E-state index in [0.29, 0.717) is 31.7 Å². The topological polar surface area (TPSA) is 71.4 Å². The average Bonchev–Trinajstić information content (AvgIpc) is 2.84. The first-order valence-corrected chi connectivity index (χ1v) is 10.7. The molecule has 0 spiro atoms. The summed E-state index contributed by atoms with van der Waals surface area (Å²) in [5.74, 6) is 0.516. The molecule has 2 N–H and O–H groups in total. The minimum Gasteiger partial charge on any atom is -0.383 e. The van der Waals surface area contributed by atoms with Gasteiger partial charge in [-0.25, -0.2) is 4.79 Å². The molecule has 1 atom stereocenters. The summed E-state index contributed by atoms with van der Waals surface area (Å²) in [4.78, 5) is 15.0. The number of rotatable bonds is 9. The van der Waals surface area contributed by atoms with Gasteiger partial charge in [0.1, 0.15) is 0 Å². The van der Waals surface area contributed by atoms with E-state index >= 15 is 0 Å². The van der Waals surface area contributed by atoms with Crippen molar-refractivity contribution < 1.29 is 9.53 Å². The molecule has 0 saturated carbocycles. The summed E-state index contributed by atoms with van der Waals surface area (Å²) < 4.78 is 7.08. The molecule has 0 aliphatic carbocycles. The molecule has 160 valence electrons. The quantitative estimate of drug-likeness (QED) is 0.677. The molecule has 1 aliphatic rings. The molecule has 0 aromatic carbocycles. The summed E-state index contributed by atoms with van der Waals surface area (Å²) in [6.45, 7) is 13.3. The first kappa shape index (κ1) is 22.7. The van der Waals surface area contributed by atoms with E-state index in [1.54, 1.807) is 7.11 Å². The molecule has 28 heavy (non-hydrogen) atoms. The highest BCUT2D eigenvalue weighted by Gasteiger charge is 2.23. The number of urea groups is 1. The van der Waals surface area contributed by atoms with Gasteiger partial charge in [0.25, 0.3) is 0 Å². The Morgan fingerprint density at radius 2 is 1.82 bits per heavy atom. The Bertz CT molecular complexity index is 606. The minimum absolute atomic E-state index is 0.107. The van der Waals surface area contributed by atoms with Crippen LogP contribution in [0, 0.1) is 19.8 Å². The van der Waals surface area contributed by atoms with Crippen molar-refractivity contribution in [1.29, 1.82) is 0 Å². The number of hydrogen-bond acceptors (Lipinski definition) is 4. The van der Waals surface area contributed by atoms with Gasteiger partial charge in [0.2, 0.25) is 0 Å². The lowest BCUT2D eigenvalue weighted by molar-refractivity contribution is 0.157. The van der Waals surface area contributed by atoms with Crippen molar-refractivity contribution in [3.63, 3.8) is 0 Å². The van der Waals surface area contributed by atoms with Crippen LogP contribution >= 0.6 is 0 Å². The Balaban J connectivity index is 1.85. The molecular formula is C21H39N5O2. The fourth-order valence-corrected chi connectivity index (χ4v) is 4.03. The Kier molecular flexibility index (Phi) is 9.25. The molecule has 2 amide bonds. The molecule has 1 fully saturated rings. The average molecular weight is 394 g/mol. The number of ether oxygens (including phenoxy) is 1. The van der Waals surface area contributed by atoms with Crippen molar-refractivity contribution >= 4 is 6.03 Å². The van der Waals surface area contributed by atoms with E-state index in [2.05, 4.69) is 34.5 Å². The first-order chi connectivity index (χ1) is 13.4. The zero-order valence-electron chi connectivity index (χ0n) is 18.4. The highest BCUT2D eigenvalue weighted by molar-refractivity contribution is 5.73. The second-order valence-corrected chi connectivity index (χ2v) is 8.19. The summed E-state index contributed by atoms with van der Waals surface area (Å²) in [5.41, 5.74) is 3.12.